The molecule has 1 fully saturated rings. The van der Waals surface area contributed by atoms with E-state index in [1.807, 2.05) is 0 Å². The number of ether oxygens (including phenoxy) is 11. The number of methoxy groups -OCH3 is 6. The standard InChI is InChI=1S/C38H38O16/c1-44-22-15-20-25(30(48-5)27(22)46-3)26-21(16-23(45-2)28(47-4)31(26)49-6)37(42)54-33-32(53-36(20)41)29(52-35(40)19-13-9-10-14-19)24(51-38(33)43)17-50-34(39)18-11-7-8-12-18/h7-16,18-19,24,29,32-33,38,43H,17H2,1-6H3/t24-,29-,32+,33-,38+/m1/s1. The molecule has 4 aliphatic rings. The van der Waals surface area contributed by atoms with Crippen LogP contribution in [0.4, 0.5) is 0 Å². The Morgan fingerprint density at radius 2 is 1.07 bits per heavy atom. The molecular weight excluding hydrogens is 712 g/mol. The van der Waals surface area contributed by atoms with Gasteiger partial charge in [-0.1, -0.05) is 48.6 Å². The fourth-order valence-electron chi connectivity index (χ4n) is 6.59. The highest BCUT2D eigenvalue weighted by atomic mass is 16.7. The summed E-state index contributed by atoms with van der Waals surface area (Å²) >= 11 is 0. The molecule has 54 heavy (non-hydrogen) atoms. The molecule has 0 bridgehead atoms. The highest BCUT2D eigenvalue weighted by Crippen LogP contribution is 2.55. The molecule has 16 heteroatoms. The van der Waals surface area contributed by atoms with E-state index in [-0.39, 0.29) is 56.8 Å². The predicted octanol–water partition coefficient (Wildman–Crippen LogP) is 3.13. The van der Waals surface area contributed by atoms with Gasteiger partial charge in [0, 0.05) is 11.1 Å². The summed E-state index contributed by atoms with van der Waals surface area (Å²) in [7, 11) is 7.98. The van der Waals surface area contributed by atoms with E-state index in [4.69, 9.17) is 52.1 Å². The van der Waals surface area contributed by atoms with Crippen molar-refractivity contribution in [3.05, 3.63) is 71.9 Å². The van der Waals surface area contributed by atoms with Gasteiger partial charge in [-0.25, -0.2) is 9.59 Å². The van der Waals surface area contributed by atoms with Crippen molar-refractivity contribution in [2.24, 2.45) is 11.8 Å². The lowest BCUT2D eigenvalue weighted by Gasteiger charge is -2.43. The van der Waals surface area contributed by atoms with Gasteiger partial charge in [0.25, 0.3) is 0 Å². The van der Waals surface area contributed by atoms with Crippen molar-refractivity contribution in [1.82, 2.24) is 0 Å². The van der Waals surface area contributed by atoms with E-state index < -0.39 is 73.0 Å². The summed E-state index contributed by atoms with van der Waals surface area (Å²) < 4.78 is 63.1. The maximum absolute atomic E-state index is 14.6. The van der Waals surface area contributed by atoms with Crippen molar-refractivity contribution < 1.29 is 76.4 Å². The fraction of sp³-hybridized carbons (Fsp3) is 0.368. The minimum Gasteiger partial charge on any atom is -0.493 e. The second kappa shape index (κ2) is 15.9. The number of benzene rings is 2. The number of aliphatic hydroxyl groups is 1. The summed E-state index contributed by atoms with van der Waals surface area (Å²) in [4.78, 5) is 55.4. The molecule has 0 aromatic heterocycles. The maximum atomic E-state index is 14.6. The van der Waals surface area contributed by atoms with E-state index in [1.54, 1.807) is 48.6 Å². The van der Waals surface area contributed by atoms with Crippen LogP contribution in [-0.4, -0.2) is 109 Å². The summed E-state index contributed by atoms with van der Waals surface area (Å²) in [6.45, 7) is -0.552. The summed E-state index contributed by atoms with van der Waals surface area (Å²) in [6.07, 6.45) is 4.44. The monoisotopic (exact) mass is 750 g/mol. The number of aliphatic hydroxyl groups excluding tert-OH is 1. The average Bonchev–Trinajstić information content (AvgIpc) is 3.93. The second-order valence-corrected chi connectivity index (χ2v) is 12.1. The van der Waals surface area contributed by atoms with Crippen molar-refractivity contribution >= 4 is 23.9 Å². The van der Waals surface area contributed by atoms with E-state index in [1.165, 1.54) is 54.8 Å². The van der Waals surface area contributed by atoms with E-state index in [0.717, 1.165) is 0 Å². The zero-order valence-electron chi connectivity index (χ0n) is 30.1. The molecule has 16 nitrogen and oxygen atoms in total. The largest absolute Gasteiger partial charge is 0.493 e. The molecule has 286 valence electrons. The van der Waals surface area contributed by atoms with Crippen molar-refractivity contribution in [3.8, 4) is 45.6 Å². The normalized spacial score (nSPS) is 23.0. The lowest BCUT2D eigenvalue weighted by atomic mass is 9.90. The number of allylic oxidation sites excluding steroid dienone is 4. The lowest BCUT2D eigenvalue weighted by Crippen LogP contribution is -2.62. The minimum absolute atomic E-state index is 0.0387. The van der Waals surface area contributed by atoms with Crippen molar-refractivity contribution in [2.45, 2.75) is 30.7 Å². The van der Waals surface area contributed by atoms with E-state index >= 15 is 0 Å². The molecule has 0 unspecified atom stereocenters. The molecular formula is C38H38O16. The zero-order chi connectivity index (χ0) is 38.7. The highest BCUT2D eigenvalue weighted by molar-refractivity contribution is 6.09. The molecule has 2 aromatic rings. The summed E-state index contributed by atoms with van der Waals surface area (Å²) in [5.74, 6) is -5.09. The van der Waals surface area contributed by atoms with Gasteiger partial charge in [-0.15, -0.1) is 0 Å². The first-order chi connectivity index (χ1) is 26.1. The van der Waals surface area contributed by atoms with Gasteiger partial charge in [-0.3, -0.25) is 9.59 Å². The van der Waals surface area contributed by atoms with Gasteiger partial charge < -0.3 is 57.2 Å². The van der Waals surface area contributed by atoms with Crippen LogP contribution in [0.15, 0.2) is 60.7 Å². The molecule has 0 amide bonds. The van der Waals surface area contributed by atoms with Crippen LogP contribution in [0.2, 0.25) is 0 Å². The van der Waals surface area contributed by atoms with Gasteiger partial charge in [0.05, 0.1) is 65.6 Å². The maximum Gasteiger partial charge on any atom is 0.339 e. The molecule has 0 radical (unpaired) electrons. The first-order valence-corrected chi connectivity index (χ1v) is 16.6. The molecule has 0 spiro atoms. The molecule has 1 N–H and O–H groups in total. The van der Waals surface area contributed by atoms with Crippen molar-refractivity contribution in [3.63, 3.8) is 0 Å². The molecule has 2 aromatic carbocycles. The van der Waals surface area contributed by atoms with E-state index in [9.17, 15) is 24.3 Å². The van der Waals surface area contributed by atoms with Crippen LogP contribution in [0.3, 0.4) is 0 Å². The number of hydrogen-bond donors (Lipinski definition) is 1. The Balaban J connectivity index is 1.54. The first-order valence-electron chi connectivity index (χ1n) is 16.6. The smallest absolute Gasteiger partial charge is 0.339 e. The zero-order valence-corrected chi connectivity index (χ0v) is 30.1. The Morgan fingerprint density at radius 1 is 0.630 bits per heavy atom. The first kappa shape index (κ1) is 37.7. The van der Waals surface area contributed by atoms with Gasteiger partial charge in [-0.2, -0.15) is 0 Å². The van der Waals surface area contributed by atoms with Crippen LogP contribution < -0.4 is 28.4 Å². The number of fused-ring (bicyclic) bond motifs is 4. The Bertz CT molecular complexity index is 1920. The molecule has 2 aliphatic carbocycles. The predicted molar refractivity (Wildman–Crippen MR) is 185 cm³/mol. The van der Waals surface area contributed by atoms with Crippen LogP contribution in [0.5, 0.6) is 34.5 Å². The summed E-state index contributed by atoms with van der Waals surface area (Å²) in [5, 5.41) is 11.4. The van der Waals surface area contributed by atoms with Crippen molar-refractivity contribution in [2.75, 3.05) is 49.3 Å². The molecule has 1 saturated heterocycles. The van der Waals surface area contributed by atoms with Crippen LogP contribution in [0.25, 0.3) is 11.1 Å². The third kappa shape index (κ3) is 6.80. The van der Waals surface area contributed by atoms with Crippen molar-refractivity contribution in [1.29, 1.82) is 0 Å². The number of rotatable bonds is 11. The average molecular weight is 751 g/mol. The lowest BCUT2D eigenvalue weighted by molar-refractivity contribution is -0.289. The van der Waals surface area contributed by atoms with Crippen LogP contribution in [-0.2, 0) is 33.3 Å². The molecule has 5 atom stereocenters. The summed E-state index contributed by atoms with van der Waals surface area (Å²) in [6, 6.07) is 2.59. The highest BCUT2D eigenvalue weighted by Gasteiger charge is 2.54. The quantitative estimate of drug-likeness (QED) is 0.260. The van der Waals surface area contributed by atoms with Gasteiger partial charge in [0.1, 0.15) is 12.7 Å². The van der Waals surface area contributed by atoms with E-state index in [0.29, 0.717) is 0 Å². The van der Waals surface area contributed by atoms with Gasteiger partial charge in [-0.05, 0) is 12.1 Å². The number of carbonyl (C=O) groups is 4. The molecule has 2 aliphatic heterocycles. The number of esters is 4. The molecule has 0 saturated carbocycles. The van der Waals surface area contributed by atoms with Gasteiger partial charge in [0.2, 0.25) is 11.5 Å². The fourth-order valence-corrected chi connectivity index (χ4v) is 6.59. The van der Waals surface area contributed by atoms with Crippen LogP contribution in [0.1, 0.15) is 20.7 Å². The summed E-state index contributed by atoms with van der Waals surface area (Å²) in [5.41, 5.74) is -0.591. The van der Waals surface area contributed by atoms with Crippen LogP contribution >= 0.6 is 0 Å². The SMILES string of the molecule is COc1cc2c(c(OC)c1OC)-c1c(cc(OC)c(OC)c1OC)C(=O)O[C@@H]1[C@@H](OC2=O)[C@H](OC(=O)C2C=CC=C2)[C@@H](COC(=O)C2C=CC=C2)O[C@@H]1O. The Labute approximate surface area is 309 Å². The number of hydrogen-bond acceptors (Lipinski definition) is 16. The third-order valence-electron chi connectivity index (χ3n) is 9.13. The van der Waals surface area contributed by atoms with E-state index in [2.05, 4.69) is 0 Å². The Kier molecular flexibility index (Phi) is 11.1. The second-order valence-electron chi connectivity index (χ2n) is 12.1. The molecule has 6 rings (SSSR count). The Morgan fingerprint density at radius 3 is 1.52 bits per heavy atom. The third-order valence-corrected chi connectivity index (χ3v) is 9.13. The molecule has 2 heterocycles. The Hall–Kier alpha value is -6.00. The van der Waals surface area contributed by atoms with Gasteiger partial charge in [0.15, 0.2) is 47.6 Å². The van der Waals surface area contributed by atoms with Crippen LogP contribution in [0, 0.1) is 11.8 Å². The van der Waals surface area contributed by atoms with Gasteiger partial charge >= 0.3 is 23.9 Å². The number of carbonyl (C=O) groups excluding carboxylic acids is 4. The minimum atomic E-state index is -1.99. The topological polar surface area (TPSA) is 190 Å².